The van der Waals surface area contributed by atoms with Crippen LogP contribution in [0.2, 0.25) is 0 Å². The van der Waals surface area contributed by atoms with Crippen LogP contribution >= 0.6 is 0 Å². The number of hydrogen-bond donors (Lipinski definition) is 3. The molecule has 3 heterocycles. The van der Waals surface area contributed by atoms with Crippen molar-refractivity contribution in [3.63, 3.8) is 0 Å². The molecular formula is C24H22FN5O3. The number of aromatic nitrogens is 3. The molecule has 0 fully saturated rings. The molecule has 1 aromatic carbocycles. The molecule has 0 aliphatic rings. The molecule has 168 valence electrons. The second-order valence-corrected chi connectivity index (χ2v) is 7.34. The van der Waals surface area contributed by atoms with E-state index in [9.17, 15) is 14.0 Å². The highest BCUT2D eigenvalue weighted by molar-refractivity contribution is 6.08. The van der Waals surface area contributed by atoms with E-state index in [1.807, 2.05) is 13.0 Å². The number of nitrogen functional groups attached to an aromatic ring is 1. The number of para-hydroxylation sites is 1. The lowest BCUT2D eigenvalue weighted by molar-refractivity contribution is 0.0953. The molecule has 0 aliphatic heterocycles. The molecule has 0 spiro atoms. The predicted octanol–water partition coefficient (Wildman–Crippen LogP) is 3.43. The van der Waals surface area contributed by atoms with Gasteiger partial charge in [0.1, 0.15) is 18.0 Å². The van der Waals surface area contributed by atoms with Crippen LogP contribution in [0.15, 0.2) is 59.7 Å². The Labute approximate surface area is 188 Å². The maximum atomic E-state index is 14.8. The van der Waals surface area contributed by atoms with Gasteiger partial charge in [-0.2, -0.15) is 0 Å². The van der Waals surface area contributed by atoms with Gasteiger partial charge >= 0.3 is 0 Å². The zero-order valence-corrected chi connectivity index (χ0v) is 17.9. The largest absolute Gasteiger partial charge is 0.471 e. The van der Waals surface area contributed by atoms with E-state index in [0.29, 0.717) is 35.1 Å². The van der Waals surface area contributed by atoms with Crippen LogP contribution < -0.4 is 21.3 Å². The van der Waals surface area contributed by atoms with Crippen molar-refractivity contribution in [3.8, 4) is 17.0 Å². The highest BCUT2D eigenvalue weighted by Gasteiger charge is 2.20. The number of nitrogens with one attached hydrogen (secondary N) is 2. The second-order valence-electron chi connectivity index (χ2n) is 7.34. The van der Waals surface area contributed by atoms with E-state index < -0.39 is 17.3 Å². The van der Waals surface area contributed by atoms with Gasteiger partial charge in [-0.25, -0.2) is 9.37 Å². The number of rotatable bonds is 7. The number of ether oxygens (including phenoxy) is 1. The molecule has 0 atom stereocenters. The van der Waals surface area contributed by atoms with Crippen LogP contribution in [0.3, 0.4) is 0 Å². The van der Waals surface area contributed by atoms with E-state index in [4.69, 9.17) is 10.5 Å². The third-order valence-electron chi connectivity index (χ3n) is 5.07. The number of aromatic amines is 1. The molecule has 0 bridgehead atoms. The number of nitrogens with two attached hydrogens (primary N) is 1. The summed E-state index contributed by atoms with van der Waals surface area (Å²) in [7, 11) is 0. The number of pyridine rings is 3. The summed E-state index contributed by atoms with van der Waals surface area (Å²) >= 11 is 0. The Morgan fingerprint density at radius 2 is 2.03 bits per heavy atom. The molecule has 9 heteroatoms. The van der Waals surface area contributed by atoms with Crippen molar-refractivity contribution in [3.05, 3.63) is 82.3 Å². The summed E-state index contributed by atoms with van der Waals surface area (Å²) in [6.07, 6.45) is 3.42. The number of carbonyl (C=O) groups is 1. The van der Waals surface area contributed by atoms with Gasteiger partial charge in [-0.05, 0) is 18.6 Å². The molecule has 4 rings (SSSR count). The van der Waals surface area contributed by atoms with Crippen molar-refractivity contribution in [1.82, 2.24) is 20.3 Å². The van der Waals surface area contributed by atoms with E-state index in [0.717, 1.165) is 6.20 Å². The Bertz CT molecular complexity index is 1370. The lowest BCUT2D eigenvalue weighted by atomic mass is 10.00. The zero-order chi connectivity index (χ0) is 23.4. The highest BCUT2D eigenvalue weighted by atomic mass is 19.1. The molecule has 4 aromatic rings. The number of benzene rings is 1. The fourth-order valence-corrected chi connectivity index (χ4v) is 3.46. The number of amides is 1. The normalized spacial score (nSPS) is 10.8. The smallest absolute Gasteiger partial charge is 0.263 e. The van der Waals surface area contributed by atoms with E-state index in [2.05, 4.69) is 20.3 Å². The number of hydrogen-bond acceptors (Lipinski definition) is 6. The van der Waals surface area contributed by atoms with Crippen molar-refractivity contribution in [2.45, 2.75) is 20.0 Å². The van der Waals surface area contributed by atoms with Crippen LogP contribution in [-0.4, -0.2) is 27.4 Å². The molecule has 33 heavy (non-hydrogen) atoms. The zero-order valence-electron chi connectivity index (χ0n) is 17.9. The van der Waals surface area contributed by atoms with Gasteiger partial charge in [0, 0.05) is 35.3 Å². The molecule has 0 saturated heterocycles. The molecule has 3 aromatic heterocycles. The Morgan fingerprint density at radius 1 is 1.18 bits per heavy atom. The summed E-state index contributed by atoms with van der Waals surface area (Å²) in [5, 5.41) is 3.09. The maximum Gasteiger partial charge on any atom is 0.263 e. The first-order valence-corrected chi connectivity index (χ1v) is 10.4. The molecule has 0 saturated carbocycles. The molecule has 4 N–H and O–H groups in total. The molecule has 0 radical (unpaired) electrons. The number of carbonyl (C=O) groups excluding carboxylic acids is 1. The topological polar surface area (TPSA) is 123 Å². The third-order valence-corrected chi connectivity index (χ3v) is 5.07. The van der Waals surface area contributed by atoms with Crippen molar-refractivity contribution in [1.29, 1.82) is 0 Å². The average Bonchev–Trinajstić information content (AvgIpc) is 2.82. The van der Waals surface area contributed by atoms with Crippen molar-refractivity contribution >= 4 is 22.5 Å². The van der Waals surface area contributed by atoms with Gasteiger partial charge < -0.3 is 20.8 Å². The first-order chi connectivity index (χ1) is 16.0. The highest BCUT2D eigenvalue weighted by Crippen LogP contribution is 2.33. The number of H-pyrrole nitrogens is 1. The van der Waals surface area contributed by atoms with Crippen LogP contribution in [0.25, 0.3) is 22.0 Å². The molecule has 1 amide bonds. The summed E-state index contributed by atoms with van der Waals surface area (Å²) in [5.41, 5.74) is 6.99. The monoisotopic (exact) mass is 447 g/mol. The van der Waals surface area contributed by atoms with Crippen LogP contribution in [-0.2, 0) is 6.61 Å². The Morgan fingerprint density at radius 3 is 2.79 bits per heavy atom. The quantitative estimate of drug-likeness (QED) is 0.399. The van der Waals surface area contributed by atoms with Gasteiger partial charge in [-0.15, -0.1) is 0 Å². The van der Waals surface area contributed by atoms with Gasteiger partial charge in [0.25, 0.3) is 11.5 Å². The first-order valence-electron chi connectivity index (χ1n) is 10.4. The predicted molar refractivity (Wildman–Crippen MR) is 123 cm³/mol. The molecule has 8 nitrogen and oxygen atoms in total. The summed E-state index contributed by atoms with van der Waals surface area (Å²) < 4.78 is 20.4. The van der Waals surface area contributed by atoms with Gasteiger partial charge in [0.2, 0.25) is 5.88 Å². The van der Waals surface area contributed by atoms with E-state index in [1.165, 1.54) is 6.07 Å². The molecule has 0 aliphatic carbocycles. The second kappa shape index (κ2) is 9.47. The number of fused-ring (bicyclic) bond motifs is 1. The summed E-state index contributed by atoms with van der Waals surface area (Å²) in [6, 6.07) is 11.9. The minimum absolute atomic E-state index is 0.0327. The fourth-order valence-electron chi connectivity index (χ4n) is 3.46. The lowest BCUT2D eigenvalue weighted by Gasteiger charge is -2.13. The summed E-state index contributed by atoms with van der Waals surface area (Å²) in [4.78, 5) is 36.0. The molecule has 0 unspecified atom stereocenters. The Hall–Kier alpha value is -4.27. The Balaban J connectivity index is 1.75. The minimum atomic E-state index is -0.651. The third kappa shape index (κ3) is 4.52. The molecular weight excluding hydrogens is 425 g/mol. The summed E-state index contributed by atoms with van der Waals surface area (Å²) in [5.74, 6) is -0.958. The number of nitrogens with zero attached hydrogens (tertiary/aromatic N) is 2. The fraction of sp³-hybridized carbons (Fsp3) is 0.167. The van der Waals surface area contributed by atoms with Crippen molar-refractivity contribution < 1.29 is 13.9 Å². The maximum absolute atomic E-state index is 14.8. The van der Waals surface area contributed by atoms with Gasteiger partial charge in [-0.1, -0.05) is 31.2 Å². The Kier molecular flexibility index (Phi) is 6.30. The standard InChI is InChI=1S/C24H22FN5O3/c1-2-9-28-23(31)20-21(26)16-8-5-7-15(22(16)30-24(20)32)17-11-19(29-12-18(17)25)33-13-14-6-3-4-10-27-14/h3-8,10-12H,2,9,13H2,1H3,(H,28,31)(H3,26,30,32). The van der Waals surface area contributed by atoms with Crippen molar-refractivity contribution in [2.75, 3.05) is 12.3 Å². The average molecular weight is 447 g/mol. The minimum Gasteiger partial charge on any atom is -0.471 e. The number of halogens is 1. The van der Waals surface area contributed by atoms with Gasteiger partial charge in [0.15, 0.2) is 0 Å². The van der Waals surface area contributed by atoms with Crippen LogP contribution in [0.4, 0.5) is 10.1 Å². The van der Waals surface area contributed by atoms with E-state index in [-0.39, 0.29) is 29.3 Å². The SMILES string of the molecule is CCCNC(=O)c1c(N)c2cccc(-c3cc(OCc4ccccn4)ncc3F)c2[nH]c1=O. The lowest BCUT2D eigenvalue weighted by Crippen LogP contribution is -2.31. The van der Waals surface area contributed by atoms with E-state index >= 15 is 0 Å². The van der Waals surface area contributed by atoms with E-state index in [1.54, 1.807) is 36.5 Å². The first kappa shape index (κ1) is 21.9. The van der Waals surface area contributed by atoms with Crippen LogP contribution in [0, 0.1) is 5.82 Å². The summed E-state index contributed by atoms with van der Waals surface area (Å²) in [6.45, 7) is 2.48. The number of anilines is 1. The van der Waals surface area contributed by atoms with Crippen LogP contribution in [0.5, 0.6) is 5.88 Å². The van der Waals surface area contributed by atoms with Gasteiger partial charge in [0.05, 0.1) is 23.1 Å². The van der Waals surface area contributed by atoms with Crippen LogP contribution in [0.1, 0.15) is 29.4 Å². The van der Waals surface area contributed by atoms with Crippen molar-refractivity contribution in [2.24, 2.45) is 0 Å². The van der Waals surface area contributed by atoms with Gasteiger partial charge in [-0.3, -0.25) is 14.6 Å².